The van der Waals surface area contributed by atoms with Crippen LogP contribution in [-0.2, 0) is 0 Å². The first-order chi connectivity index (χ1) is 21.6. The van der Waals surface area contributed by atoms with E-state index >= 15 is 0 Å². The van der Waals surface area contributed by atoms with Gasteiger partial charge >= 0.3 is 0 Å². The molecule has 6 rings (SSSR count). The summed E-state index contributed by atoms with van der Waals surface area (Å²) in [6, 6.07) is 17.2. The molecule has 230 valence electrons. The van der Waals surface area contributed by atoms with Gasteiger partial charge in [0.2, 0.25) is 5.95 Å². The molecule has 0 unspecified atom stereocenters. The number of nitrogens with zero attached hydrogens (tertiary/aromatic N) is 7. The molecule has 1 atom stereocenters. The van der Waals surface area contributed by atoms with Crippen LogP contribution in [0.3, 0.4) is 0 Å². The number of pyridine rings is 2. The van der Waals surface area contributed by atoms with E-state index < -0.39 is 5.95 Å². The standard InChI is InChI=1S/C33H32Cl2FN9/c1-33(2,3)44-11-9-24(10-12-44)45-19-28(42-43-45)30(20-7-5-4-6-8-20)40-22-13-25-29(41-23-15-27(35)32(36)39-18-23)21(16-37)17-38-31(25)26(34)14-22/h4-8,13-15,17-19,24,30,40H,9-12H2,1-3H3,(H,38,41)/t30-/m0/s1. The second-order valence-corrected chi connectivity index (χ2v) is 12.9. The molecule has 0 saturated carbocycles. The highest BCUT2D eigenvalue weighted by molar-refractivity contribution is 6.36. The number of halogens is 3. The van der Waals surface area contributed by atoms with Gasteiger partial charge in [0.25, 0.3) is 0 Å². The van der Waals surface area contributed by atoms with Crippen LogP contribution in [0.4, 0.5) is 21.5 Å². The van der Waals surface area contributed by atoms with Crippen LogP contribution < -0.4 is 10.6 Å². The van der Waals surface area contributed by atoms with Gasteiger partial charge in [0, 0.05) is 35.9 Å². The molecule has 1 aliphatic heterocycles. The molecular formula is C33H32Cl2FN9. The van der Waals surface area contributed by atoms with Crippen LogP contribution in [0.1, 0.15) is 62.5 Å². The van der Waals surface area contributed by atoms with Gasteiger partial charge < -0.3 is 10.6 Å². The Labute approximate surface area is 271 Å². The highest BCUT2D eigenvalue weighted by Gasteiger charge is 2.29. The van der Waals surface area contributed by atoms with E-state index in [1.165, 1.54) is 18.5 Å². The van der Waals surface area contributed by atoms with Gasteiger partial charge in [-0.3, -0.25) is 9.88 Å². The first-order valence-corrected chi connectivity index (χ1v) is 15.4. The van der Waals surface area contributed by atoms with Gasteiger partial charge in [0.15, 0.2) is 0 Å². The topological polar surface area (TPSA) is 108 Å². The molecule has 0 spiro atoms. The van der Waals surface area contributed by atoms with Crippen LogP contribution in [-0.4, -0.2) is 48.5 Å². The largest absolute Gasteiger partial charge is 0.373 e. The van der Waals surface area contributed by atoms with E-state index in [0.29, 0.717) is 33.0 Å². The summed E-state index contributed by atoms with van der Waals surface area (Å²) in [7, 11) is 0. The maximum atomic E-state index is 13.7. The number of hydrogen-bond acceptors (Lipinski definition) is 8. The van der Waals surface area contributed by atoms with Crippen LogP contribution in [0.2, 0.25) is 10.0 Å². The number of aromatic nitrogens is 5. The molecule has 1 aliphatic rings. The third kappa shape index (κ3) is 6.57. The van der Waals surface area contributed by atoms with Crippen LogP contribution in [0, 0.1) is 17.3 Å². The minimum atomic E-state index is -0.781. The fourth-order valence-electron chi connectivity index (χ4n) is 5.74. The molecular weight excluding hydrogens is 612 g/mol. The molecule has 0 radical (unpaired) electrons. The Morgan fingerprint density at radius 2 is 1.73 bits per heavy atom. The van der Waals surface area contributed by atoms with Gasteiger partial charge in [-0.1, -0.05) is 58.7 Å². The maximum Gasteiger partial charge on any atom is 0.231 e. The van der Waals surface area contributed by atoms with E-state index in [2.05, 4.69) is 62.7 Å². The summed E-state index contributed by atoms with van der Waals surface area (Å²) in [5, 5.41) is 26.7. The number of hydrogen-bond donors (Lipinski definition) is 2. The Bertz CT molecular complexity index is 1870. The van der Waals surface area contributed by atoms with E-state index in [1.807, 2.05) is 47.3 Å². The molecule has 3 aromatic heterocycles. The zero-order chi connectivity index (χ0) is 31.7. The number of likely N-dealkylation sites (tertiary alicyclic amines) is 1. The van der Waals surface area contributed by atoms with E-state index in [-0.39, 0.29) is 28.2 Å². The van der Waals surface area contributed by atoms with Gasteiger partial charge in [-0.05, 0) is 57.4 Å². The Hall–Kier alpha value is -4.30. The van der Waals surface area contributed by atoms with E-state index in [9.17, 15) is 9.65 Å². The lowest BCUT2D eigenvalue weighted by Crippen LogP contribution is -2.46. The predicted molar refractivity (Wildman–Crippen MR) is 175 cm³/mol. The molecule has 0 bridgehead atoms. The molecule has 45 heavy (non-hydrogen) atoms. The Kier molecular flexibility index (Phi) is 8.60. The van der Waals surface area contributed by atoms with Crippen molar-refractivity contribution in [2.45, 2.75) is 51.2 Å². The van der Waals surface area contributed by atoms with Crippen LogP contribution in [0.15, 0.2) is 67.1 Å². The summed E-state index contributed by atoms with van der Waals surface area (Å²) in [6.07, 6.45) is 6.78. The van der Waals surface area contributed by atoms with Crippen LogP contribution in [0.5, 0.6) is 0 Å². The summed E-state index contributed by atoms with van der Waals surface area (Å²) >= 11 is 12.7. The highest BCUT2D eigenvalue weighted by Crippen LogP contribution is 2.37. The SMILES string of the molecule is CC(C)(C)N1CCC(n2cc([C@@H](Nc3cc(Cl)c4ncc(C#N)c(Nc5cnc(F)c(Cl)c5)c4c3)c3ccccc3)nn2)CC1. The minimum Gasteiger partial charge on any atom is -0.373 e. The number of piperidine rings is 1. The maximum absolute atomic E-state index is 13.7. The van der Waals surface area contributed by atoms with Crippen LogP contribution in [0.25, 0.3) is 10.9 Å². The van der Waals surface area contributed by atoms with Gasteiger partial charge in [-0.2, -0.15) is 9.65 Å². The quantitative estimate of drug-likeness (QED) is 0.172. The fraction of sp³-hybridized carbons (Fsp3) is 0.303. The molecule has 12 heteroatoms. The van der Waals surface area contributed by atoms with Gasteiger partial charge in [0.05, 0.1) is 57.0 Å². The van der Waals surface area contributed by atoms with Crippen molar-refractivity contribution in [3.05, 3.63) is 99.9 Å². The zero-order valence-corrected chi connectivity index (χ0v) is 26.6. The van der Waals surface area contributed by atoms with Gasteiger partial charge in [-0.15, -0.1) is 5.10 Å². The molecule has 0 amide bonds. The van der Waals surface area contributed by atoms with Gasteiger partial charge in [-0.25, -0.2) is 9.67 Å². The van der Waals surface area contributed by atoms with Gasteiger partial charge in [0.1, 0.15) is 11.8 Å². The normalized spacial score (nSPS) is 15.1. The smallest absolute Gasteiger partial charge is 0.231 e. The fourth-order valence-corrected chi connectivity index (χ4v) is 6.17. The van der Waals surface area contributed by atoms with Crippen molar-refractivity contribution in [1.29, 1.82) is 5.26 Å². The van der Waals surface area contributed by atoms with Crippen molar-refractivity contribution in [2.75, 3.05) is 23.7 Å². The number of anilines is 3. The average molecular weight is 645 g/mol. The first kappa shape index (κ1) is 30.7. The van der Waals surface area contributed by atoms with E-state index in [0.717, 1.165) is 37.2 Å². The third-order valence-corrected chi connectivity index (χ3v) is 8.72. The molecule has 2 aromatic carbocycles. The number of rotatable bonds is 7. The minimum absolute atomic E-state index is 0.143. The Balaban J connectivity index is 1.35. The number of nitriles is 1. The third-order valence-electron chi connectivity index (χ3n) is 8.17. The van der Waals surface area contributed by atoms with Crippen LogP contribution >= 0.6 is 23.2 Å². The second kappa shape index (κ2) is 12.6. The lowest BCUT2D eigenvalue weighted by Gasteiger charge is -2.40. The number of benzene rings is 2. The molecule has 4 heterocycles. The summed E-state index contributed by atoms with van der Waals surface area (Å²) < 4.78 is 15.7. The number of nitrogens with one attached hydrogen (secondary N) is 2. The van der Waals surface area contributed by atoms with Crippen molar-refractivity contribution >= 4 is 51.2 Å². The zero-order valence-electron chi connectivity index (χ0n) is 25.1. The van der Waals surface area contributed by atoms with Crippen molar-refractivity contribution < 1.29 is 4.39 Å². The molecule has 9 nitrogen and oxygen atoms in total. The van der Waals surface area contributed by atoms with E-state index in [1.54, 1.807) is 6.07 Å². The summed E-state index contributed by atoms with van der Waals surface area (Å²) in [5.74, 6) is -0.781. The first-order valence-electron chi connectivity index (χ1n) is 14.7. The molecule has 1 fully saturated rings. The van der Waals surface area contributed by atoms with Crippen molar-refractivity contribution in [3.8, 4) is 6.07 Å². The van der Waals surface area contributed by atoms with E-state index in [4.69, 9.17) is 23.2 Å². The molecule has 2 N–H and O–H groups in total. The highest BCUT2D eigenvalue weighted by atomic mass is 35.5. The van der Waals surface area contributed by atoms with Crippen molar-refractivity contribution in [3.63, 3.8) is 0 Å². The Morgan fingerprint density at radius 3 is 2.42 bits per heavy atom. The average Bonchev–Trinajstić information content (AvgIpc) is 3.52. The summed E-state index contributed by atoms with van der Waals surface area (Å²) in [5.41, 5.74) is 4.22. The summed E-state index contributed by atoms with van der Waals surface area (Å²) in [6.45, 7) is 8.77. The second-order valence-electron chi connectivity index (χ2n) is 12.1. The molecule has 1 saturated heterocycles. The molecule has 0 aliphatic carbocycles. The monoisotopic (exact) mass is 643 g/mol. The predicted octanol–water partition coefficient (Wildman–Crippen LogP) is 7.92. The molecule has 5 aromatic rings. The van der Waals surface area contributed by atoms with Crippen molar-refractivity contribution in [2.24, 2.45) is 0 Å². The van der Waals surface area contributed by atoms with Crippen molar-refractivity contribution in [1.82, 2.24) is 29.9 Å². The Morgan fingerprint density at radius 1 is 1.00 bits per heavy atom. The number of fused-ring (bicyclic) bond motifs is 1. The summed E-state index contributed by atoms with van der Waals surface area (Å²) in [4.78, 5) is 10.6. The lowest BCUT2D eigenvalue weighted by atomic mass is 9.98. The lowest BCUT2D eigenvalue weighted by molar-refractivity contribution is 0.0866.